The molecule has 1 aromatic heterocycles. The van der Waals surface area contributed by atoms with E-state index in [1.165, 1.54) is 13.1 Å². The Morgan fingerprint density at radius 3 is 2.57 bits per heavy atom. The van der Waals surface area contributed by atoms with Gasteiger partial charge in [0.2, 0.25) is 15.9 Å². The van der Waals surface area contributed by atoms with E-state index in [-0.39, 0.29) is 21.0 Å². The molecule has 0 spiro atoms. The molecule has 1 N–H and O–H groups in total. The molecule has 2 aromatic rings. The molecule has 112 valence electrons. The molecule has 1 aromatic carbocycles. The molecule has 5 nitrogen and oxygen atoms in total. The van der Waals surface area contributed by atoms with E-state index >= 15 is 0 Å². The minimum Gasteiger partial charge on any atom is -0.435 e. The van der Waals surface area contributed by atoms with Crippen molar-refractivity contribution >= 4 is 26.0 Å². The molecule has 0 saturated heterocycles. The Hall–Kier alpha value is -1.58. The molecule has 0 aliphatic heterocycles. The Kier molecular flexibility index (Phi) is 4.55. The quantitative estimate of drug-likeness (QED) is 0.887. The van der Waals surface area contributed by atoms with Crippen molar-refractivity contribution in [2.24, 2.45) is 0 Å². The van der Waals surface area contributed by atoms with Crippen molar-refractivity contribution in [3.8, 4) is 11.6 Å². The third-order valence-corrected chi connectivity index (χ3v) is 4.41. The first-order chi connectivity index (χ1) is 9.83. The highest BCUT2D eigenvalue weighted by atomic mass is 79.9. The Morgan fingerprint density at radius 1 is 1.29 bits per heavy atom. The first-order valence-corrected chi connectivity index (χ1v) is 7.83. The summed E-state index contributed by atoms with van der Waals surface area (Å²) in [5.74, 6) is -1.90. The highest BCUT2D eigenvalue weighted by Gasteiger charge is 2.16. The third-order valence-electron chi connectivity index (χ3n) is 2.46. The van der Waals surface area contributed by atoms with Gasteiger partial charge in [0.05, 0.1) is 10.7 Å². The van der Waals surface area contributed by atoms with Crippen LogP contribution in [0.3, 0.4) is 0 Å². The van der Waals surface area contributed by atoms with Crippen LogP contribution < -0.4 is 9.46 Å². The average molecular weight is 379 g/mol. The zero-order valence-electron chi connectivity index (χ0n) is 10.6. The summed E-state index contributed by atoms with van der Waals surface area (Å²) in [6.07, 6.45) is 1.06. The lowest BCUT2D eigenvalue weighted by molar-refractivity contribution is 0.420. The van der Waals surface area contributed by atoms with Gasteiger partial charge >= 0.3 is 0 Å². The number of nitrogens with zero attached hydrogens (tertiary/aromatic N) is 1. The predicted molar refractivity (Wildman–Crippen MR) is 74.6 cm³/mol. The van der Waals surface area contributed by atoms with Crippen LogP contribution in [0.4, 0.5) is 8.78 Å². The second kappa shape index (κ2) is 6.04. The fourth-order valence-electron chi connectivity index (χ4n) is 1.41. The molecule has 0 aliphatic carbocycles. The number of benzene rings is 1. The molecule has 0 bridgehead atoms. The molecule has 0 saturated carbocycles. The standard InChI is InChI=1S/C12H9BrF2N2O3S/c1-16-21(18,19)8-5-9(13)12(17-6-8)20-11-3-2-7(14)4-10(11)15/h2-6,16H,1H3. The number of aromatic nitrogens is 1. The Morgan fingerprint density at radius 2 is 2.00 bits per heavy atom. The first-order valence-electron chi connectivity index (χ1n) is 5.55. The lowest BCUT2D eigenvalue weighted by atomic mass is 10.3. The van der Waals surface area contributed by atoms with Crippen LogP contribution in [-0.2, 0) is 10.0 Å². The van der Waals surface area contributed by atoms with E-state index in [0.29, 0.717) is 6.07 Å². The largest absolute Gasteiger partial charge is 0.435 e. The number of ether oxygens (including phenoxy) is 1. The molecule has 1 heterocycles. The fraction of sp³-hybridized carbons (Fsp3) is 0.0833. The summed E-state index contributed by atoms with van der Waals surface area (Å²) in [5, 5.41) is 0. The van der Waals surface area contributed by atoms with Gasteiger partial charge in [-0.1, -0.05) is 0 Å². The van der Waals surface area contributed by atoms with Crippen LogP contribution in [0.1, 0.15) is 0 Å². The maximum absolute atomic E-state index is 13.5. The lowest BCUT2D eigenvalue weighted by Gasteiger charge is -2.09. The maximum atomic E-state index is 13.5. The molecule has 0 unspecified atom stereocenters. The summed E-state index contributed by atoms with van der Waals surface area (Å²) < 4.78 is 57.0. The van der Waals surface area contributed by atoms with Crippen LogP contribution in [0.2, 0.25) is 0 Å². The summed E-state index contributed by atoms with van der Waals surface area (Å²) >= 11 is 3.09. The van der Waals surface area contributed by atoms with Gasteiger partial charge in [-0.25, -0.2) is 26.9 Å². The number of rotatable bonds is 4. The minimum absolute atomic E-state index is 0.0458. The number of hydrogen-bond donors (Lipinski definition) is 1. The number of halogens is 3. The van der Waals surface area contributed by atoms with Crippen molar-refractivity contribution in [3.63, 3.8) is 0 Å². The molecule has 21 heavy (non-hydrogen) atoms. The number of nitrogens with one attached hydrogen (secondary N) is 1. The van der Waals surface area contributed by atoms with E-state index in [2.05, 4.69) is 25.6 Å². The topological polar surface area (TPSA) is 68.3 Å². The van der Waals surface area contributed by atoms with Crippen molar-refractivity contribution in [1.82, 2.24) is 9.71 Å². The van der Waals surface area contributed by atoms with Crippen LogP contribution in [-0.4, -0.2) is 20.4 Å². The molecule has 2 rings (SSSR count). The average Bonchev–Trinajstić information content (AvgIpc) is 2.43. The van der Waals surface area contributed by atoms with Gasteiger partial charge in [0.15, 0.2) is 11.6 Å². The van der Waals surface area contributed by atoms with Gasteiger partial charge in [-0.3, -0.25) is 0 Å². The van der Waals surface area contributed by atoms with Gasteiger partial charge < -0.3 is 4.74 Å². The summed E-state index contributed by atoms with van der Waals surface area (Å²) in [6, 6.07) is 4.07. The zero-order valence-corrected chi connectivity index (χ0v) is 13.0. The second-order valence-electron chi connectivity index (χ2n) is 3.84. The van der Waals surface area contributed by atoms with E-state index in [1.54, 1.807) is 0 Å². The van der Waals surface area contributed by atoms with Crippen LogP contribution in [0.5, 0.6) is 11.6 Å². The van der Waals surface area contributed by atoms with Gasteiger partial charge in [-0.05, 0) is 41.2 Å². The van der Waals surface area contributed by atoms with Gasteiger partial charge in [0, 0.05) is 6.07 Å². The Balaban J connectivity index is 2.34. The van der Waals surface area contributed by atoms with Crippen molar-refractivity contribution in [2.75, 3.05) is 7.05 Å². The van der Waals surface area contributed by atoms with E-state index in [9.17, 15) is 17.2 Å². The molecule has 0 radical (unpaired) electrons. The summed E-state index contributed by atoms with van der Waals surface area (Å²) in [6.45, 7) is 0. The van der Waals surface area contributed by atoms with Gasteiger partial charge in [0.25, 0.3) is 0 Å². The summed E-state index contributed by atoms with van der Waals surface area (Å²) in [5.41, 5.74) is 0. The van der Waals surface area contributed by atoms with E-state index in [0.717, 1.165) is 18.3 Å². The van der Waals surface area contributed by atoms with Crippen molar-refractivity contribution in [3.05, 3.63) is 46.6 Å². The Labute approximate surface area is 128 Å². The first kappa shape index (κ1) is 15.8. The number of hydrogen-bond acceptors (Lipinski definition) is 4. The molecule has 0 amide bonds. The van der Waals surface area contributed by atoms with Gasteiger partial charge in [-0.15, -0.1) is 0 Å². The maximum Gasteiger partial charge on any atom is 0.241 e. The molecule has 9 heteroatoms. The summed E-state index contributed by atoms with van der Waals surface area (Å²) in [7, 11) is -2.38. The highest BCUT2D eigenvalue weighted by molar-refractivity contribution is 9.10. The van der Waals surface area contributed by atoms with Crippen LogP contribution in [0.25, 0.3) is 0 Å². The highest BCUT2D eigenvalue weighted by Crippen LogP contribution is 2.30. The molecule has 0 atom stereocenters. The fourth-order valence-corrected chi connectivity index (χ4v) is 2.69. The van der Waals surface area contributed by atoms with Crippen LogP contribution >= 0.6 is 15.9 Å². The second-order valence-corrected chi connectivity index (χ2v) is 6.58. The Bertz CT molecular complexity index is 784. The predicted octanol–water partition coefficient (Wildman–Crippen LogP) is 2.82. The van der Waals surface area contributed by atoms with Crippen LogP contribution in [0, 0.1) is 11.6 Å². The minimum atomic E-state index is -3.65. The zero-order chi connectivity index (χ0) is 15.6. The lowest BCUT2D eigenvalue weighted by Crippen LogP contribution is -2.18. The third kappa shape index (κ3) is 3.55. The monoisotopic (exact) mass is 378 g/mol. The van der Waals surface area contributed by atoms with Gasteiger partial charge in [0.1, 0.15) is 10.7 Å². The van der Waals surface area contributed by atoms with Crippen molar-refractivity contribution in [1.29, 1.82) is 0 Å². The normalized spacial score (nSPS) is 11.4. The number of pyridine rings is 1. The van der Waals surface area contributed by atoms with E-state index < -0.39 is 21.7 Å². The molecule has 0 fully saturated rings. The smallest absolute Gasteiger partial charge is 0.241 e. The van der Waals surface area contributed by atoms with Crippen molar-refractivity contribution < 1.29 is 21.9 Å². The van der Waals surface area contributed by atoms with E-state index in [1.807, 2.05) is 0 Å². The SMILES string of the molecule is CNS(=O)(=O)c1cnc(Oc2ccc(F)cc2F)c(Br)c1. The molecular weight excluding hydrogens is 370 g/mol. The van der Waals surface area contributed by atoms with E-state index in [4.69, 9.17) is 4.74 Å². The molecular formula is C12H9BrF2N2O3S. The van der Waals surface area contributed by atoms with Crippen LogP contribution in [0.15, 0.2) is 39.8 Å². The number of sulfonamides is 1. The molecule has 0 aliphatic rings. The van der Waals surface area contributed by atoms with Gasteiger partial charge in [-0.2, -0.15) is 0 Å². The summed E-state index contributed by atoms with van der Waals surface area (Å²) in [4.78, 5) is 3.72. The van der Waals surface area contributed by atoms with Crippen molar-refractivity contribution in [2.45, 2.75) is 4.90 Å².